The lowest BCUT2D eigenvalue weighted by atomic mass is 10.1. The predicted octanol–water partition coefficient (Wildman–Crippen LogP) is 0.295. The van der Waals surface area contributed by atoms with E-state index in [0.29, 0.717) is 5.56 Å². The van der Waals surface area contributed by atoms with E-state index in [1.54, 1.807) is 6.08 Å². The Labute approximate surface area is 127 Å². The van der Waals surface area contributed by atoms with Crippen LogP contribution in [0.15, 0.2) is 27.9 Å². The molecule has 1 fully saturated rings. The Bertz CT molecular complexity index is 646. The first-order chi connectivity index (χ1) is 10.0. The van der Waals surface area contributed by atoms with Crippen molar-refractivity contribution in [1.29, 1.82) is 0 Å². The Morgan fingerprint density at radius 1 is 1.62 bits per heavy atom. The Kier molecular flexibility index (Phi) is 4.88. The van der Waals surface area contributed by atoms with Gasteiger partial charge in [-0.3, -0.25) is 4.57 Å². The molecule has 0 bridgehead atoms. The first kappa shape index (κ1) is 15.8. The maximum atomic E-state index is 12.8. The molecule has 0 aromatic carbocycles. The zero-order valence-corrected chi connectivity index (χ0v) is 12.3. The molecule has 7 nitrogen and oxygen atoms in total. The van der Waals surface area contributed by atoms with Gasteiger partial charge in [-0.2, -0.15) is 4.98 Å². The van der Waals surface area contributed by atoms with Crippen molar-refractivity contribution in [2.24, 2.45) is 0 Å². The third kappa shape index (κ3) is 2.91. The number of anilines is 1. The molecule has 9 heteroatoms. The molecule has 1 aliphatic heterocycles. The van der Waals surface area contributed by atoms with Crippen molar-refractivity contribution in [3.63, 3.8) is 0 Å². The van der Waals surface area contributed by atoms with Crippen molar-refractivity contribution in [2.75, 3.05) is 12.3 Å². The average molecular weight is 362 g/mol. The van der Waals surface area contributed by atoms with E-state index >= 15 is 0 Å². The number of nitrogen functional groups attached to an aromatic ring is 1. The molecule has 3 atom stereocenters. The number of aromatic nitrogens is 2. The van der Waals surface area contributed by atoms with E-state index < -0.39 is 30.7 Å². The van der Waals surface area contributed by atoms with Gasteiger partial charge >= 0.3 is 5.69 Å². The fourth-order valence-corrected chi connectivity index (χ4v) is 2.34. The summed E-state index contributed by atoms with van der Waals surface area (Å²) in [5, 5.41) is 19.1. The molecule has 4 N–H and O–H groups in total. The van der Waals surface area contributed by atoms with E-state index in [-0.39, 0.29) is 17.7 Å². The van der Waals surface area contributed by atoms with Crippen LogP contribution in [0.4, 0.5) is 10.2 Å². The molecular formula is C12H13BrFN3O4. The predicted molar refractivity (Wildman–Crippen MR) is 77.1 cm³/mol. The third-order valence-corrected chi connectivity index (χ3v) is 3.37. The number of hydrogen-bond acceptors (Lipinski definition) is 6. The van der Waals surface area contributed by atoms with E-state index in [0.717, 1.165) is 4.57 Å². The van der Waals surface area contributed by atoms with Gasteiger partial charge in [0, 0.05) is 17.3 Å². The Morgan fingerprint density at radius 2 is 2.33 bits per heavy atom. The molecule has 0 amide bonds. The minimum absolute atomic E-state index is 0.0133. The van der Waals surface area contributed by atoms with Gasteiger partial charge in [0.15, 0.2) is 6.23 Å². The molecule has 1 aromatic heterocycles. The topological polar surface area (TPSA) is 111 Å². The second-order valence-corrected chi connectivity index (χ2v) is 4.84. The minimum Gasteiger partial charge on any atom is -0.393 e. The van der Waals surface area contributed by atoms with Crippen LogP contribution in [0.3, 0.4) is 0 Å². The highest BCUT2D eigenvalue weighted by atomic mass is 79.9. The van der Waals surface area contributed by atoms with Crippen molar-refractivity contribution in [1.82, 2.24) is 9.55 Å². The van der Waals surface area contributed by atoms with Crippen LogP contribution in [0.5, 0.6) is 0 Å². The minimum atomic E-state index is -1.41. The second-order valence-electron chi connectivity index (χ2n) is 4.32. The first-order valence-corrected chi connectivity index (χ1v) is 6.85. The van der Waals surface area contributed by atoms with Crippen molar-refractivity contribution >= 4 is 27.8 Å². The summed E-state index contributed by atoms with van der Waals surface area (Å²) in [5.74, 6) is 0.0133. The molecular weight excluding hydrogens is 349 g/mol. The molecule has 1 aromatic rings. The Balaban J connectivity index is 2.47. The summed E-state index contributed by atoms with van der Waals surface area (Å²) in [6.45, 7) is -0.519. The molecule has 1 saturated heterocycles. The van der Waals surface area contributed by atoms with Gasteiger partial charge in [-0.25, -0.2) is 9.18 Å². The van der Waals surface area contributed by atoms with E-state index in [4.69, 9.17) is 15.6 Å². The maximum absolute atomic E-state index is 12.8. The van der Waals surface area contributed by atoms with E-state index in [2.05, 4.69) is 20.9 Å². The van der Waals surface area contributed by atoms with Crippen LogP contribution in [-0.4, -0.2) is 38.6 Å². The normalized spacial score (nSPS) is 27.8. The maximum Gasteiger partial charge on any atom is 0.351 e. The molecule has 114 valence electrons. The summed E-state index contributed by atoms with van der Waals surface area (Å²) >= 11 is 3.08. The number of aliphatic hydroxyl groups is 2. The van der Waals surface area contributed by atoms with Crippen molar-refractivity contribution < 1.29 is 19.3 Å². The van der Waals surface area contributed by atoms with Gasteiger partial charge in [0.2, 0.25) is 0 Å². The molecule has 0 saturated carbocycles. The summed E-state index contributed by atoms with van der Waals surface area (Å²) in [7, 11) is 0. The molecule has 21 heavy (non-hydrogen) atoms. The average Bonchev–Trinajstić information content (AvgIpc) is 2.78. The highest BCUT2D eigenvalue weighted by molar-refractivity contribution is 9.11. The molecule has 0 aliphatic carbocycles. The Hall–Kier alpha value is -1.55. The number of rotatable bonds is 3. The monoisotopic (exact) mass is 361 g/mol. The smallest absolute Gasteiger partial charge is 0.351 e. The third-order valence-electron chi connectivity index (χ3n) is 3.11. The zero-order chi connectivity index (χ0) is 15.6. The largest absolute Gasteiger partial charge is 0.393 e. The Morgan fingerprint density at radius 3 is 2.86 bits per heavy atom. The summed E-state index contributed by atoms with van der Waals surface area (Å²) in [5.41, 5.74) is 5.14. The molecule has 2 rings (SSSR count). The summed E-state index contributed by atoms with van der Waals surface area (Å²) in [4.78, 5) is 17.0. The van der Waals surface area contributed by atoms with Crippen LogP contribution in [0.2, 0.25) is 0 Å². The molecule has 0 radical (unpaired) electrons. The fraction of sp³-hybridized carbons (Fsp3) is 0.333. The first-order valence-electron chi connectivity index (χ1n) is 5.93. The van der Waals surface area contributed by atoms with Gasteiger partial charge in [-0.15, -0.1) is 0 Å². The van der Waals surface area contributed by atoms with Crippen LogP contribution >= 0.6 is 15.9 Å². The van der Waals surface area contributed by atoms with Crippen LogP contribution in [0, 0.1) is 0 Å². The van der Waals surface area contributed by atoms with E-state index in [9.17, 15) is 14.3 Å². The molecule has 1 aliphatic rings. The summed E-state index contributed by atoms with van der Waals surface area (Å²) in [6.07, 6.45) is -0.556. The van der Waals surface area contributed by atoms with E-state index in [1.165, 1.54) is 11.2 Å². The van der Waals surface area contributed by atoms with Gasteiger partial charge in [0.25, 0.3) is 0 Å². The standard InChI is InChI=1S/C12H13BrFN3O4/c13-2-1-6-4-17(12(20)16-10(6)15)11-9(19)7(3-14)8(5-18)21-11/h1-4,8-9,11,18-19H,5H2,(H2,15,16,20)/b2-1-,7-3-. The lowest BCUT2D eigenvalue weighted by Crippen LogP contribution is -2.32. The molecule has 3 unspecified atom stereocenters. The van der Waals surface area contributed by atoms with Crippen molar-refractivity contribution in [3.8, 4) is 0 Å². The van der Waals surface area contributed by atoms with Crippen LogP contribution < -0.4 is 11.4 Å². The van der Waals surface area contributed by atoms with Crippen LogP contribution in [0.1, 0.15) is 11.8 Å². The fourth-order valence-electron chi connectivity index (χ4n) is 2.05. The van der Waals surface area contributed by atoms with Gasteiger partial charge in [-0.05, 0) is 11.1 Å². The van der Waals surface area contributed by atoms with Crippen LogP contribution in [-0.2, 0) is 4.74 Å². The number of halogens is 2. The van der Waals surface area contributed by atoms with Crippen LogP contribution in [0.25, 0.3) is 6.08 Å². The van der Waals surface area contributed by atoms with Crippen molar-refractivity contribution in [2.45, 2.75) is 18.4 Å². The number of hydrogen-bond donors (Lipinski definition) is 3. The van der Waals surface area contributed by atoms with Gasteiger partial charge in [-0.1, -0.05) is 15.9 Å². The second kappa shape index (κ2) is 6.48. The number of aliphatic hydroxyl groups excluding tert-OH is 2. The molecule has 0 spiro atoms. The summed E-state index contributed by atoms with van der Waals surface area (Å²) in [6, 6.07) is 0. The highest BCUT2D eigenvalue weighted by Crippen LogP contribution is 2.33. The SMILES string of the molecule is Nc1nc(=O)n(C2OC(CO)/C(=C/F)C2O)cc1/C=C\Br. The number of nitrogens with zero attached hydrogens (tertiary/aromatic N) is 2. The lowest BCUT2D eigenvalue weighted by Gasteiger charge is -2.17. The quantitative estimate of drug-likeness (QED) is 0.713. The number of nitrogens with two attached hydrogens (primary N) is 1. The van der Waals surface area contributed by atoms with Crippen molar-refractivity contribution in [3.05, 3.63) is 39.1 Å². The lowest BCUT2D eigenvalue weighted by molar-refractivity contribution is -0.0527. The van der Waals surface area contributed by atoms with Gasteiger partial charge < -0.3 is 20.7 Å². The summed E-state index contributed by atoms with van der Waals surface area (Å²) < 4.78 is 19.1. The van der Waals surface area contributed by atoms with Gasteiger partial charge in [0.05, 0.1) is 12.9 Å². The van der Waals surface area contributed by atoms with Gasteiger partial charge in [0.1, 0.15) is 18.0 Å². The van der Waals surface area contributed by atoms with E-state index in [1.807, 2.05) is 0 Å². The highest BCUT2D eigenvalue weighted by Gasteiger charge is 2.40. The zero-order valence-electron chi connectivity index (χ0n) is 10.7. The number of ether oxygens (including phenoxy) is 1. The molecule has 2 heterocycles.